The van der Waals surface area contributed by atoms with E-state index < -0.39 is 35.6 Å². The summed E-state index contributed by atoms with van der Waals surface area (Å²) < 4.78 is 39.1. The Morgan fingerprint density at radius 3 is 2.32 bits per heavy atom. The van der Waals surface area contributed by atoms with E-state index in [1.807, 2.05) is 0 Å². The Hall–Kier alpha value is -2.58. The second kappa shape index (κ2) is 6.49. The molecule has 5 nitrogen and oxygen atoms in total. The first kappa shape index (κ1) is 18.8. The van der Waals surface area contributed by atoms with E-state index in [0.29, 0.717) is 21.6 Å². The Bertz CT molecular complexity index is 1020. The molecule has 2 aliphatic heterocycles. The summed E-state index contributed by atoms with van der Waals surface area (Å²) in [5, 5.41) is 4.12. The van der Waals surface area contributed by atoms with Crippen LogP contribution in [0.25, 0.3) is 0 Å². The molecule has 4 rings (SSSR count). The molecule has 1 fully saturated rings. The van der Waals surface area contributed by atoms with Crippen LogP contribution in [-0.2, 0) is 20.6 Å². The number of carbonyl (C=O) groups excluding carboxylic acids is 2. The van der Waals surface area contributed by atoms with Gasteiger partial charge in [-0.1, -0.05) is 40.5 Å². The maximum atomic E-state index is 13.0. The van der Waals surface area contributed by atoms with Gasteiger partial charge in [0.25, 0.3) is 5.91 Å². The zero-order valence-corrected chi connectivity index (χ0v) is 15.2. The number of imide groups is 1. The lowest BCUT2D eigenvalue weighted by Gasteiger charge is -2.18. The van der Waals surface area contributed by atoms with Crippen LogP contribution in [0.1, 0.15) is 11.1 Å². The standard InChI is InChI=1S/C18H9Cl2F3N2O3/c19-10-4-1-8(2-5-10)14-13-15(28-24-14)17(27)25(16(13)26)12-7-9(18(21,22)23)3-6-11(12)20/h1-7,13,15H. The normalized spacial score (nSPS) is 21.6. The van der Waals surface area contributed by atoms with Crippen molar-refractivity contribution in [3.05, 3.63) is 63.6 Å². The van der Waals surface area contributed by atoms with Crippen LogP contribution < -0.4 is 4.90 Å². The average molecular weight is 429 g/mol. The highest BCUT2D eigenvalue weighted by Crippen LogP contribution is 2.40. The zero-order chi connectivity index (χ0) is 20.2. The number of fused-ring (bicyclic) bond motifs is 1. The van der Waals surface area contributed by atoms with Crippen LogP contribution in [0.5, 0.6) is 0 Å². The molecule has 0 N–H and O–H groups in total. The largest absolute Gasteiger partial charge is 0.416 e. The van der Waals surface area contributed by atoms with Crippen LogP contribution in [0.15, 0.2) is 47.6 Å². The van der Waals surface area contributed by atoms with Crippen molar-refractivity contribution >= 4 is 46.4 Å². The fraction of sp³-hybridized carbons (Fsp3) is 0.167. The summed E-state index contributed by atoms with van der Waals surface area (Å²) in [6.07, 6.45) is -5.92. The molecule has 144 valence electrons. The van der Waals surface area contributed by atoms with Gasteiger partial charge < -0.3 is 4.84 Å². The molecule has 0 bridgehead atoms. The molecule has 2 heterocycles. The molecule has 2 amide bonds. The van der Waals surface area contributed by atoms with E-state index >= 15 is 0 Å². The van der Waals surface area contributed by atoms with E-state index in [1.54, 1.807) is 24.3 Å². The lowest BCUT2D eigenvalue weighted by Crippen LogP contribution is -2.33. The Labute approximate surface area is 166 Å². The summed E-state index contributed by atoms with van der Waals surface area (Å²) in [6, 6.07) is 8.79. The number of carbonyl (C=O) groups is 2. The fourth-order valence-electron chi connectivity index (χ4n) is 3.13. The SMILES string of the molecule is O=C1C2ON=C(c3ccc(Cl)cc3)C2C(=O)N1c1cc(C(F)(F)F)ccc1Cl. The number of amides is 2. The molecule has 10 heteroatoms. The van der Waals surface area contributed by atoms with Crippen LogP contribution >= 0.6 is 23.2 Å². The van der Waals surface area contributed by atoms with Crippen molar-refractivity contribution in [1.82, 2.24) is 0 Å². The van der Waals surface area contributed by atoms with Crippen molar-refractivity contribution in [3.8, 4) is 0 Å². The number of benzene rings is 2. The topological polar surface area (TPSA) is 59.0 Å². The summed E-state index contributed by atoms with van der Waals surface area (Å²) in [5.41, 5.74) is -0.669. The number of alkyl halides is 3. The van der Waals surface area contributed by atoms with Gasteiger partial charge in [0.2, 0.25) is 12.0 Å². The Morgan fingerprint density at radius 1 is 1.00 bits per heavy atom. The first-order chi connectivity index (χ1) is 13.2. The number of anilines is 1. The summed E-state index contributed by atoms with van der Waals surface area (Å²) in [4.78, 5) is 31.4. The molecule has 0 aromatic heterocycles. The van der Waals surface area contributed by atoms with Crippen molar-refractivity contribution in [3.63, 3.8) is 0 Å². The molecule has 2 atom stereocenters. The molecule has 2 unspecified atom stereocenters. The van der Waals surface area contributed by atoms with E-state index in [2.05, 4.69) is 5.16 Å². The quantitative estimate of drug-likeness (QED) is 0.669. The highest BCUT2D eigenvalue weighted by Gasteiger charge is 2.56. The molecule has 28 heavy (non-hydrogen) atoms. The second-order valence-corrected chi connectivity index (χ2v) is 7.01. The number of halogens is 5. The van der Waals surface area contributed by atoms with Gasteiger partial charge in [-0.3, -0.25) is 9.59 Å². The highest BCUT2D eigenvalue weighted by molar-refractivity contribution is 6.38. The molecular weight excluding hydrogens is 420 g/mol. The first-order valence-corrected chi connectivity index (χ1v) is 8.68. The lowest BCUT2D eigenvalue weighted by molar-refractivity contribution is -0.137. The summed E-state index contributed by atoms with van der Waals surface area (Å²) in [5.74, 6) is -2.68. The molecule has 2 aliphatic rings. The second-order valence-electron chi connectivity index (χ2n) is 6.16. The van der Waals surface area contributed by atoms with Gasteiger partial charge in [0.15, 0.2) is 0 Å². The zero-order valence-electron chi connectivity index (χ0n) is 13.7. The number of hydrogen-bond donors (Lipinski definition) is 0. The van der Waals surface area contributed by atoms with Gasteiger partial charge in [-0.2, -0.15) is 13.2 Å². The smallest absolute Gasteiger partial charge is 0.381 e. The van der Waals surface area contributed by atoms with Crippen molar-refractivity contribution in [2.24, 2.45) is 11.1 Å². The van der Waals surface area contributed by atoms with Crippen LogP contribution in [0.2, 0.25) is 10.0 Å². The number of oxime groups is 1. The Kier molecular flexibility index (Phi) is 4.35. The molecule has 0 aliphatic carbocycles. The molecule has 2 aromatic rings. The van der Waals surface area contributed by atoms with Crippen molar-refractivity contribution < 1.29 is 27.6 Å². The van der Waals surface area contributed by atoms with Crippen LogP contribution in [0, 0.1) is 5.92 Å². The third-order valence-corrected chi connectivity index (χ3v) is 5.04. The van der Waals surface area contributed by atoms with Crippen LogP contribution in [0.4, 0.5) is 18.9 Å². The van der Waals surface area contributed by atoms with Gasteiger partial charge >= 0.3 is 6.18 Å². The number of hydrogen-bond acceptors (Lipinski definition) is 4. The molecule has 1 saturated heterocycles. The molecule has 0 spiro atoms. The summed E-state index contributed by atoms with van der Waals surface area (Å²) in [7, 11) is 0. The van der Waals surface area contributed by atoms with E-state index in [0.717, 1.165) is 12.1 Å². The predicted octanol–water partition coefficient (Wildman–Crippen LogP) is 4.30. The maximum Gasteiger partial charge on any atom is 0.416 e. The van der Waals surface area contributed by atoms with E-state index in [-0.39, 0.29) is 16.4 Å². The lowest BCUT2D eigenvalue weighted by atomic mass is 9.94. The van der Waals surface area contributed by atoms with Gasteiger partial charge in [0.1, 0.15) is 11.6 Å². The molecule has 0 radical (unpaired) electrons. The molecular formula is C18H9Cl2F3N2O3. The monoisotopic (exact) mass is 428 g/mol. The summed E-state index contributed by atoms with van der Waals surface area (Å²) >= 11 is 11.8. The first-order valence-electron chi connectivity index (χ1n) is 7.92. The van der Waals surface area contributed by atoms with Crippen molar-refractivity contribution in [2.45, 2.75) is 12.3 Å². The third-order valence-electron chi connectivity index (χ3n) is 4.47. The van der Waals surface area contributed by atoms with Crippen LogP contribution in [0.3, 0.4) is 0 Å². The molecule has 2 aromatic carbocycles. The number of rotatable bonds is 2. The van der Waals surface area contributed by atoms with E-state index in [1.165, 1.54) is 0 Å². The Morgan fingerprint density at radius 2 is 1.68 bits per heavy atom. The van der Waals surface area contributed by atoms with Gasteiger partial charge in [0.05, 0.1) is 16.3 Å². The summed E-state index contributed by atoms with van der Waals surface area (Å²) in [6.45, 7) is 0. The maximum absolute atomic E-state index is 13.0. The van der Waals surface area contributed by atoms with Crippen molar-refractivity contribution in [2.75, 3.05) is 4.90 Å². The van der Waals surface area contributed by atoms with Crippen molar-refractivity contribution in [1.29, 1.82) is 0 Å². The van der Waals surface area contributed by atoms with E-state index in [9.17, 15) is 22.8 Å². The van der Waals surface area contributed by atoms with Crippen LogP contribution in [-0.4, -0.2) is 23.6 Å². The minimum absolute atomic E-state index is 0.167. The van der Waals surface area contributed by atoms with Gasteiger partial charge in [-0.25, -0.2) is 4.90 Å². The van der Waals surface area contributed by atoms with Gasteiger partial charge in [0, 0.05) is 10.6 Å². The minimum Gasteiger partial charge on any atom is -0.381 e. The molecule has 0 saturated carbocycles. The fourth-order valence-corrected chi connectivity index (χ4v) is 3.46. The third kappa shape index (κ3) is 2.93. The van der Waals surface area contributed by atoms with Gasteiger partial charge in [-0.15, -0.1) is 0 Å². The number of nitrogens with zero attached hydrogens (tertiary/aromatic N) is 2. The minimum atomic E-state index is -4.66. The van der Waals surface area contributed by atoms with E-state index in [4.69, 9.17) is 28.0 Å². The highest BCUT2D eigenvalue weighted by atomic mass is 35.5. The Balaban J connectivity index is 1.73. The average Bonchev–Trinajstić information content (AvgIpc) is 3.16. The predicted molar refractivity (Wildman–Crippen MR) is 95.3 cm³/mol. The van der Waals surface area contributed by atoms with Gasteiger partial charge in [-0.05, 0) is 30.3 Å².